The molecule has 0 atom stereocenters. The standard InChI is InChI=1S/C20H21N3O4/c1-14-5-4-6-17(11-14)26-13-19(24)23(2)12-18-21-20(22-27-18)15-7-9-16(25-3)10-8-15/h4-11H,12-13H2,1-3H3. The lowest BCUT2D eigenvalue weighted by Gasteiger charge is -2.15. The highest BCUT2D eigenvalue weighted by molar-refractivity contribution is 5.77. The first-order valence-electron chi connectivity index (χ1n) is 8.45. The molecular formula is C20H21N3O4. The van der Waals surface area contributed by atoms with Crippen LogP contribution in [0.25, 0.3) is 11.4 Å². The highest BCUT2D eigenvalue weighted by Gasteiger charge is 2.15. The van der Waals surface area contributed by atoms with Crippen LogP contribution in [0.2, 0.25) is 0 Å². The van der Waals surface area contributed by atoms with Crippen LogP contribution in [0.1, 0.15) is 11.5 Å². The van der Waals surface area contributed by atoms with Crippen molar-refractivity contribution in [1.82, 2.24) is 15.0 Å². The van der Waals surface area contributed by atoms with E-state index in [1.807, 2.05) is 55.5 Å². The molecule has 0 saturated heterocycles. The number of ether oxygens (including phenoxy) is 2. The van der Waals surface area contributed by atoms with Gasteiger partial charge in [0.1, 0.15) is 11.5 Å². The van der Waals surface area contributed by atoms with Gasteiger partial charge in [0, 0.05) is 12.6 Å². The number of likely N-dealkylation sites (N-methyl/N-ethyl adjacent to an activating group) is 1. The van der Waals surface area contributed by atoms with Crippen LogP contribution < -0.4 is 9.47 Å². The molecule has 0 aliphatic rings. The van der Waals surface area contributed by atoms with Crippen LogP contribution in [-0.4, -0.2) is 41.7 Å². The van der Waals surface area contributed by atoms with Crippen molar-refractivity contribution in [2.45, 2.75) is 13.5 Å². The second kappa shape index (κ2) is 8.35. The van der Waals surface area contributed by atoms with Gasteiger partial charge < -0.3 is 18.9 Å². The van der Waals surface area contributed by atoms with Gasteiger partial charge in [-0.25, -0.2) is 0 Å². The van der Waals surface area contributed by atoms with Crippen molar-refractivity contribution in [3.63, 3.8) is 0 Å². The molecule has 7 nitrogen and oxygen atoms in total. The Balaban J connectivity index is 1.56. The van der Waals surface area contributed by atoms with E-state index in [1.165, 1.54) is 4.90 Å². The topological polar surface area (TPSA) is 77.7 Å². The third kappa shape index (κ3) is 4.84. The zero-order chi connectivity index (χ0) is 19.2. The van der Waals surface area contributed by atoms with Crippen molar-refractivity contribution in [3.05, 3.63) is 60.0 Å². The van der Waals surface area contributed by atoms with Crippen LogP contribution >= 0.6 is 0 Å². The fourth-order valence-corrected chi connectivity index (χ4v) is 2.43. The van der Waals surface area contributed by atoms with Gasteiger partial charge in [-0.2, -0.15) is 4.98 Å². The third-order valence-corrected chi connectivity index (χ3v) is 3.97. The Morgan fingerprint density at radius 3 is 2.63 bits per heavy atom. The lowest BCUT2D eigenvalue weighted by molar-refractivity contribution is -0.132. The summed E-state index contributed by atoms with van der Waals surface area (Å²) in [6, 6.07) is 14.9. The summed E-state index contributed by atoms with van der Waals surface area (Å²) in [7, 11) is 3.27. The molecule has 27 heavy (non-hydrogen) atoms. The van der Waals surface area contributed by atoms with Gasteiger partial charge >= 0.3 is 0 Å². The number of carbonyl (C=O) groups excluding carboxylic acids is 1. The largest absolute Gasteiger partial charge is 0.497 e. The normalized spacial score (nSPS) is 10.5. The molecule has 140 valence electrons. The number of methoxy groups -OCH3 is 1. The van der Waals surface area contributed by atoms with Crippen LogP contribution in [0.15, 0.2) is 53.1 Å². The summed E-state index contributed by atoms with van der Waals surface area (Å²) in [5, 5.41) is 3.96. The first kappa shape index (κ1) is 18.4. The van der Waals surface area contributed by atoms with Gasteiger partial charge in [0.15, 0.2) is 6.61 Å². The lowest BCUT2D eigenvalue weighted by atomic mass is 10.2. The summed E-state index contributed by atoms with van der Waals surface area (Å²) in [5.74, 6) is 2.05. The molecule has 3 aromatic rings. The zero-order valence-electron chi connectivity index (χ0n) is 15.5. The monoisotopic (exact) mass is 367 g/mol. The van der Waals surface area contributed by atoms with E-state index in [1.54, 1.807) is 14.2 Å². The van der Waals surface area contributed by atoms with Crippen LogP contribution in [0.5, 0.6) is 11.5 Å². The number of aryl methyl sites for hydroxylation is 1. The highest BCUT2D eigenvalue weighted by atomic mass is 16.5. The van der Waals surface area contributed by atoms with E-state index in [9.17, 15) is 4.79 Å². The number of benzene rings is 2. The minimum absolute atomic E-state index is 0.0561. The second-order valence-corrected chi connectivity index (χ2v) is 6.10. The Hall–Kier alpha value is -3.35. The van der Waals surface area contributed by atoms with E-state index >= 15 is 0 Å². The number of nitrogens with zero attached hydrogens (tertiary/aromatic N) is 3. The fraction of sp³-hybridized carbons (Fsp3) is 0.250. The molecule has 0 saturated carbocycles. The molecule has 0 N–H and O–H groups in total. The predicted molar refractivity (Wildman–Crippen MR) is 99.4 cm³/mol. The molecule has 0 aliphatic heterocycles. The van der Waals surface area contributed by atoms with E-state index in [0.29, 0.717) is 17.5 Å². The first-order chi connectivity index (χ1) is 13.0. The van der Waals surface area contributed by atoms with Gasteiger partial charge in [0.05, 0.1) is 13.7 Å². The van der Waals surface area contributed by atoms with Crippen LogP contribution in [-0.2, 0) is 11.3 Å². The number of aromatic nitrogens is 2. The highest BCUT2D eigenvalue weighted by Crippen LogP contribution is 2.20. The summed E-state index contributed by atoms with van der Waals surface area (Å²) < 4.78 is 15.9. The molecule has 1 amide bonds. The molecule has 0 aliphatic carbocycles. The minimum atomic E-state index is -0.180. The van der Waals surface area contributed by atoms with Gasteiger partial charge in [-0.15, -0.1) is 0 Å². The summed E-state index contributed by atoms with van der Waals surface area (Å²) in [6.45, 7) is 2.12. The molecule has 1 aromatic heterocycles. The summed E-state index contributed by atoms with van der Waals surface area (Å²) in [4.78, 5) is 18.1. The molecule has 0 fully saturated rings. The fourth-order valence-electron chi connectivity index (χ4n) is 2.43. The van der Waals surface area contributed by atoms with Gasteiger partial charge in [-0.1, -0.05) is 17.3 Å². The summed E-state index contributed by atoms with van der Waals surface area (Å²) in [5.41, 5.74) is 1.88. The molecular weight excluding hydrogens is 346 g/mol. The van der Waals surface area contributed by atoms with Gasteiger partial charge in [0.2, 0.25) is 11.7 Å². The van der Waals surface area contributed by atoms with Gasteiger partial charge in [-0.05, 0) is 48.9 Å². The van der Waals surface area contributed by atoms with Crippen LogP contribution in [0.4, 0.5) is 0 Å². The van der Waals surface area contributed by atoms with E-state index in [4.69, 9.17) is 14.0 Å². The molecule has 3 rings (SSSR count). The summed E-state index contributed by atoms with van der Waals surface area (Å²) in [6.07, 6.45) is 0. The molecule has 1 heterocycles. The number of amides is 1. The molecule has 0 radical (unpaired) electrons. The molecule has 7 heteroatoms. The average molecular weight is 367 g/mol. The first-order valence-corrected chi connectivity index (χ1v) is 8.45. The van der Waals surface area contributed by atoms with Crippen molar-refractivity contribution < 1.29 is 18.8 Å². The average Bonchev–Trinajstić information content (AvgIpc) is 3.14. The smallest absolute Gasteiger partial charge is 0.260 e. The second-order valence-electron chi connectivity index (χ2n) is 6.10. The Morgan fingerprint density at radius 1 is 1.15 bits per heavy atom. The quantitative estimate of drug-likeness (QED) is 0.639. The number of rotatable bonds is 7. The predicted octanol–water partition coefficient (Wildman–Crippen LogP) is 3.09. The Kier molecular flexibility index (Phi) is 5.71. The van der Waals surface area contributed by atoms with Crippen molar-refractivity contribution in [2.75, 3.05) is 20.8 Å². The Bertz CT molecular complexity index is 906. The molecule has 0 spiro atoms. The van der Waals surface area contributed by atoms with Crippen molar-refractivity contribution >= 4 is 5.91 Å². The van der Waals surface area contributed by atoms with Crippen molar-refractivity contribution in [2.24, 2.45) is 0 Å². The Morgan fingerprint density at radius 2 is 1.93 bits per heavy atom. The number of hydrogen-bond donors (Lipinski definition) is 0. The molecule has 0 bridgehead atoms. The van der Waals surface area contributed by atoms with Crippen molar-refractivity contribution in [3.8, 4) is 22.9 Å². The SMILES string of the molecule is COc1ccc(-c2noc(CN(C)C(=O)COc3cccc(C)c3)n2)cc1. The maximum atomic E-state index is 12.3. The maximum Gasteiger partial charge on any atom is 0.260 e. The molecule has 2 aromatic carbocycles. The van der Waals surface area contributed by atoms with Crippen LogP contribution in [0, 0.1) is 6.92 Å². The number of hydrogen-bond acceptors (Lipinski definition) is 6. The number of carbonyl (C=O) groups is 1. The lowest BCUT2D eigenvalue weighted by Crippen LogP contribution is -2.31. The van der Waals surface area contributed by atoms with E-state index in [-0.39, 0.29) is 19.1 Å². The van der Waals surface area contributed by atoms with E-state index < -0.39 is 0 Å². The Labute approximate surface area is 157 Å². The van der Waals surface area contributed by atoms with Crippen molar-refractivity contribution in [1.29, 1.82) is 0 Å². The maximum absolute atomic E-state index is 12.3. The van der Waals surface area contributed by atoms with Crippen LogP contribution in [0.3, 0.4) is 0 Å². The van der Waals surface area contributed by atoms with Gasteiger partial charge in [-0.3, -0.25) is 4.79 Å². The van der Waals surface area contributed by atoms with E-state index in [0.717, 1.165) is 16.9 Å². The third-order valence-electron chi connectivity index (χ3n) is 3.97. The molecule has 0 unspecified atom stereocenters. The minimum Gasteiger partial charge on any atom is -0.497 e. The van der Waals surface area contributed by atoms with E-state index in [2.05, 4.69) is 10.1 Å². The zero-order valence-corrected chi connectivity index (χ0v) is 15.5. The summed E-state index contributed by atoms with van der Waals surface area (Å²) >= 11 is 0. The van der Waals surface area contributed by atoms with Gasteiger partial charge in [0.25, 0.3) is 5.91 Å².